The maximum absolute atomic E-state index is 8.59. The summed E-state index contributed by atoms with van der Waals surface area (Å²) in [5.74, 6) is 0.864. The van der Waals surface area contributed by atoms with Crippen LogP contribution in [0.5, 0.6) is 0 Å². The van der Waals surface area contributed by atoms with Crippen LogP contribution in [0.4, 0.5) is 0 Å². The lowest BCUT2D eigenvalue weighted by molar-refractivity contribution is 0.0690. The van der Waals surface area contributed by atoms with Gasteiger partial charge in [-0.15, -0.1) is 0 Å². The van der Waals surface area contributed by atoms with Gasteiger partial charge in [0.15, 0.2) is 0 Å². The minimum Gasteiger partial charge on any atom is -0.302 e. The van der Waals surface area contributed by atoms with Crippen LogP contribution in [-0.2, 0) is 0 Å². The molecule has 0 aromatic carbocycles. The molecule has 0 unspecified atom stereocenters. The van der Waals surface area contributed by atoms with Crippen molar-refractivity contribution in [3.63, 3.8) is 0 Å². The zero-order valence-corrected chi connectivity index (χ0v) is 8.30. The van der Waals surface area contributed by atoms with Gasteiger partial charge in [0.2, 0.25) is 0 Å². The van der Waals surface area contributed by atoms with Crippen LogP contribution >= 0.6 is 0 Å². The molecule has 0 saturated carbocycles. The van der Waals surface area contributed by atoms with Crippen molar-refractivity contribution in [2.24, 2.45) is 11.3 Å². The van der Waals surface area contributed by atoms with Crippen molar-refractivity contribution in [2.45, 2.75) is 27.2 Å². The molecule has 0 spiro atoms. The average Bonchev–Trinajstić information content (AvgIpc) is 1.83. The fourth-order valence-corrected chi connectivity index (χ4v) is 1.83. The van der Waals surface area contributed by atoms with Crippen LogP contribution in [0.25, 0.3) is 0 Å². The molecule has 12 heavy (non-hydrogen) atoms. The Morgan fingerprint density at radius 1 is 1.50 bits per heavy atom. The van der Waals surface area contributed by atoms with Crippen LogP contribution in [0.1, 0.15) is 27.2 Å². The van der Waals surface area contributed by atoms with Gasteiger partial charge in [-0.25, -0.2) is 0 Å². The minimum atomic E-state index is 0.175. The van der Waals surface area contributed by atoms with Crippen LogP contribution in [-0.4, -0.2) is 24.5 Å². The molecule has 0 aliphatic carbocycles. The van der Waals surface area contributed by atoms with Crippen molar-refractivity contribution in [3.8, 4) is 6.07 Å². The molecule has 0 aromatic rings. The van der Waals surface area contributed by atoms with Gasteiger partial charge in [0.25, 0.3) is 0 Å². The summed E-state index contributed by atoms with van der Waals surface area (Å²) in [4.78, 5) is 2.43. The summed E-state index contributed by atoms with van der Waals surface area (Å²) in [6.45, 7) is 10.1. The van der Waals surface area contributed by atoms with Crippen molar-refractivity contribution >= 4 is 0 Å². The highest BCUT2D eigenvalue weighted by Crippen LogP contribution is 2.25. The van der Waals surface area contributed by atoms with E-state index in [1.165, 1.54) is 13.1 Å². The maximum atomic E-state index is 8.59. The molecule has 2 nitrogen and oxygen atoms in total. The number of likely N-dealkylation sites (tertiary alicyclic amines) is 1. The van der Waals surface area contributed by atoms with Crippen LogP contribution in [0.3, 0.4) is 0 Å². The van der Waals surface area contributed by atoms with E-state index >= 15 is 0 Å². The summed E-state index contributed by atoms with van der Waals surface area (Å²) in [7, 11) is 0. The minimum absolute atomic E-state index is 0.175. The SMILES string of the molecule is CC1CN(CC(C)(C)CC#N)C1. The summed E-state index contributed by atoms with van der Waals surface area (Å²) in [6.07, 6.45) is 0.665. The summed E-state index contributed by atoms with van der Waals surface area (Å²) >= 11 is 0. The van der Waals surface area contributed by atoms with E-state index in [-0.39, 0.29) is 5.41 Å². The van der Waals surface area contributed by atoms with Crippen LogP contribution in [0.2, 0.25) is 0 Å². The molecule has 0 amide bonds. The Labute approximate surface area is 75.2 Å². The first kappa shape index (κ1) is 9.54. The molecule has 0 N–H and O–H groups in total. The van der Waals surface area contributed by atoms with E-state index in [1.54, 1.807) is 0 Å². The summed E-state index contributed by atoms with van der Waals surface area (Å²) in [5, 5.41) is 8.59. The van der Waals surface area contributed by atoms with Crippen molar-refractivity contribution < 1.29 is 0 Å². The lowest BCUT2D eigenvalue weighted by Gasteiger charge is -2.41. The molecule has 0 aromatic heterocycles. The lowest BCUT2D eigenvalue weighted by atomic mass is 9.87. The molecule has 1 aliphatic rings. The third-order valence-electron chi connectivity index (χ3n) is 2.35. The third-order valence-corrected chi connectivity index (χ3v) is 2.35. The molecular formula is C10H18N2. The van der Waals surface area contributed by atoms with E-state index in [9.17, 15) is 0 Å². The van der Waals surface area contributed by atoms with Gasteiger partial charge in [-0.1, -0.05) is 20.8 Å². The molecule has 1 rings (SSSR count). The van der Waals surface area contributed by atoms with Crippen molar-refractivity contribution in [1.29, 1.82) is 5.26 Å². The highest BCUT2D eigenvalue weighted by Gasteiger charge is 2.28. The predicted octanol–water partition coefficient (Wildman–Crippen LogP) is 1.88. The Morgan fingerprint density at radius 2 is 2.08 bits per heavy atom. The third kappa shape index (κ3) is 2.49. The van der Waals surface area contributed by atoms with Crippen molar-refractivity contribution in [2.75, 3.05) is 19.6 Å². The molecule has 1 aliphatic heterocycles. The van der Waals surface area contributed by atoms with E-state index in [4.69, 9.17) is 5.26 Å². The Balaban J connectivity index is 2.26. The molecule has 0 atom stereocenters. The Kier molecular flexibility index (Phi) is 2.74. The normalized spacial score (nSPS) is 20.2. The smallest absolute Gasteiger partial charge is 0.0627 e. The number of nitrogens with zero attached hydrogens (tertiary/aromatic N) is 2. The quantitative estimate of drug-likeness (QED) is 0.640. The first-order chi connectivity index (χ1) is 5.53. The van der Waals surface area contributed by atoms with E-state index < -0.39 is 0 Å². The van der Waals surface area contributed by atoms with Crippen molar-refractivity contribution in [1.82, 2.24) is 4.90 Å². The molecule has 1 fully saturated rings. The van der Waals surface area contributed by atoms with Gasteiger partial charge in [-0.2, -0.15) is 5.26 Å². The van der Waals surface area contributed by atoms with Gasteiger partial charge in [-0.3, -0.25) is 0 Å². The summed E-state index contributed by atoms with van der Waals surface area (Å²) in [5.41, 5.74) is 0.175. The number of nitriles is 1. The molecule has 2 heteroatoms. The lowest BCUT2D eigenvalue weighted by Crippen LogP contribution is -2.48. The van der Waals surface area contributed by atoms with Crippen LogP contribution < -0.4 is 0 Å². The molecule has 1 heterocycles. The standard InChI is InChI=1S/C10H18N2/c1-9-6-12(7-9)8-10(2,3)4-5-11/h9H,4,6-8H2,1-3H3. The monoisotopic (exact) mass is 166 g/mol. The number of rotatable bonds is 3. The predicted molar refractivity (Wildman–Crippen MR) is 49.6 cm³/mol. The van der Waals surface area contributed by atoms with E-state index in [0.717, 1.165) is 12.5 Å². The van der Waals surface area contributed by atoms with Crippen LogP contribution in [0.15, 0.2) is 0 Å². The van der Waals surface area contributed by atoms with E-state index in [0.29, 0.717) is 6.42 Å². The number of hydrogen-bond acceptors (Lipinski definition) is 2. The maximum Gasteiger partial charge on any atom is 0.0627 e. The highest BCUT2D eigenvalue weighted by atomic mass is 15.2. The first-order valence-corrected chi connectivity index (χ1v) is 4.63. The van der Waals surface area contributed by atoms with Gasteiger partial charge >= 0.3 is 0 Å². The highest BCUT2D eigenvalue weighted by molar-refractivity contribution is 4.87. The Morgan fingerprint density at radius 3 is 2.50 bits per heavy atom. The Hall–Kier alpha value is -0.550. The van der Waals surface area contributed by atoms with E-state index in [1.807, 2.05) is 0 Å². The van der Waals surface area contributed by atoms with Gasteiger partial charge in [0.05, 0.1) is 6.07 Å². The molecule has 68 valence electrons. The second-order valence-corrected chi connectivity index (χ2v) is 4.80. The molecule has 0 radical (unpaired) electrons. The fourth-order valence-electron chi connectivity index (χ4n) is 1.83. The first-order valence-electron chi connectivity index (χ1n) is 4.63. The number of hydrogen-bond donors (Lipinski definition) is 0. The molecule has 1 saturated heterocycles. The second kappa shape index (κ2) is 3.45. The summed E-state index contributed by atoms with van der Waals surface area (Å²) < 4.78 is 0. The fraction of sp³-hybridized carbons (Fsp3) is 0.900. The topological polar surface area (TPSA) is 27.0 Å². The largest absolute Gasteiger partial charge is 0.302 e. The summed E-state index contributed by atoms with van der Waals surface area (Å²) in [6, 6.07) is 2.25. The average molecular weight is 166 g/mol. The van der Waals surface area contributed by atoms with Gasteiger partial charge in [0.1, 0.15) is 0 Å². The van der Waals surface area contributed by atoms with Gasteiger partial charge in [0, 0.05) is 26.1 Å². The zero-order chi connectivity index (χ0) is 9.19. The Bertz CT molecular complexity index is 185. The van der Waals surface area contributed by atoms with Crippen LogP contribution in [0, 0.1) is 22.7 Å². The second-order valence-electron chi connectivity index (χ2n) is 4.80. The van der Waals surface area contributed by atoms with Gasteiger partial charge < -0.3 is 4.90 Å². The van der Waals surface area contributed by atoms with E-state index in [2.05, 4.69) is 31.7 Å². The molecular weight excluding hydrogens is 148 g/mol. The zero-order valence-electron chi connectivity index (χ0n) is 8.30. The molecule has 0 bridgehead atoms. The van der Waals surface area contributed by atoms with Gasteiger partial charge in [-0.05, 0) is 11.3 Å². The van der Waals surface area contributed by atoms with Crippen molar-refractivity contribution in [3.05, 3.63) is 0 Å².